The van der Waals surface area contributed by atoms with Crippen molar-refractivity contribution in [3.8, 4) is 0 Å². The molecule has 1 N–H and O–H groups in total. The summed E-state index contributed by atoms with van der Waals surface area (Å²) in [6, 6.07) is 2.51. The highest BCUT2D eigenvalue weighted by atomic mass is 15.2. The van der Waals surface area contributed by atoms with E-state index in [0.717, 1.165) is 18.1 Å². The van der Waals surface area contributed by atoms with Crippen molar-refractivity contribution in [2.24, 2.45) is 5.41 Å². The van der Waals surface area contributed by atoms with Gasteiger partial charge in [-0.1, -0.05) is 26.7 Å². The van der Waals surface area contributed by atoms with Crippen molar-refractivity contribution >= 4 is 0 Å². The first-order valence-corrected chi connectivity index (χ1v) is 8.65. The molecule has 2 aliphatic heterocycles. The molecule has 2 saturated heterocycles. The number of likely N-dealkylation sites (tertiary alicyclic amines) is 1. The summed E-state index contributed by atoms with van der Waals surface area (Å²) in [7, 11) is 0. The van der Waals surface area contributed by atoms with E-state index in [1.807, 2.05) is 0 Å². The molecule has 3 unspecified atom stereocenters. The van der Waals surface area contributed by atoms with Crippen LogP contribution >= 0.6 is 0 Å². The Hall–Kier alpha value is -0.0800. The van der Waals surface area contributed by atoms with Crippen molar-refractivity contribution in [2.45, 2.75) is 89.8 Å². The first kappa shape index (κ1) is 13.9. The molecule has 2 heterocycles. The van der Waals surface area contributed by atoms with Crippen LogP contribution in [0.4, 0.5) is 0 Å². The highest BCUT2D eigenvalue weighted by Crippen LogP contribution is 2.39. The van der Waals surface area contributed by atoms with Crippen LogP contribution in [0.5, 0.6) is 0 Å². The van der Waals surface area contributed by atoms with Crippen LogP contribution in [-0.2, 0) is 0 Å². The van der Waals surface area contributed by atoms with Crippen molar-refractivity contribution < 1.29 is 0 Å². The predicted octanol–water partition coefficient (Wildman–Crippen LogP) is 3.56. The molecule has 3 aliphatic rings. The normalized spacial score (nSPS) is 40.4. The van der Waals surface area contributed by atoms with E-state index in [0.29, 0.717) is 5.41 Å². The second-order valence-electron chi connectivity index (χ2n) is 7.92. The third kappa shape index (κ3) is 3.16. The standard InChI is InChI=1S/C17H32N2/c1-17(2)10-5-7-14(13-17)19-12-4-3-9-16(19)15-8-6-11-18-15/h14-16,18H,3-13H2,1-2H3. The van der Waals surface area contributed by atoms with Gasteiger partial charge in [-0.05, 0) is 63.5 Å². The third-order valence-corrected chi connectivity index (χ3v) is 5.80. The number of nitrogens with zero attached hydrogens (tertiary/aromatic N) is 1. The van der Waals surface area contributed by atoms with Gasteiger partial charge in [-0.2, -0.15) is 0 Å². The molecule has 1 saturated carbocycles. The lowest BCUT2D eigenvalue weighted by molar-refractivity contribution is 0.0258. The summed E-state index contributed by atoms with van der Waals surface area (Å²) >= 11 is 0. The maximum Gasteiger partial charge on any atom is 0.0252 e. The van der Waals surface area contributed by atoms with Gasteiger partial charge in [0.1, 0.15) is 0 Å². The van der Waals surface area contributed by atoms with Gasteiger partial charge in [0.2, 0.25) is 0 Å². The zero-order chi connectivity index (χ0) is 13.3. The molecule has 0 spiro atoms. The van der Waals surface area contributed by atoms with E-state index in [1.165, 1.54) is 70.9 Å². The molecule has 0 amide bonds. The first-order chi connectivity index (χ1) is 9.16. The molecular formula is C17H32N2. The monoisotopic (exact) mass is 264 g/mol. The lowest BCUT2D eigenvalue weighted by Crippen LogP contribution is -2.55. The van der Waals surface area contributed by atoms with Crippen molar-refractivity contribution in [2.75, 3.05) is 13.1 Å². The fourth-order valence-electron chi connectivity index (χ4n) is 4.85. The van der Waals surface area contributed by atoms with E-state index >= 15 is 0 Å². The number of rotatable bonds is 2. The molecule has 0 aromatic rings. The Morgan fingerprint density at radius 2 is 1.89 bits per heavy atom. The average Bonchev–Trinajstić information content (AvgIpc) is 2.91. The second kappa shape index (κ2) is 5.73. The Balaban J connectivity index is 1.69. The lowest BCUT2D eigenvalue weighted by Gasteiger charge is -2.48. The predicted molar refractivity (Wildman–Crippen MR) is 81.4 cm³/mol. The number of hydrogen-bond donors (Lipinski definition) is 1. The van der Waals surface area contributed by atoms with Crippen molar-refractivity contribution in [1.29, 1.82) is 0 Å². The van der Waals surface area contributed by atoms with E-state index in [4.69, 9.17) is 0 Å². The quantitative estimate of drug-likeness (QED) is 0.820. The van der Waals surface area contributed by atoms with E-state index in [2.05, 4.69) is 24.1 Å². The number of hydrogen-bond acceptors (Lipinski definition) is 2. The smallest absolute Gasteiger partial charge is 0.0252 e. The zero-order valence-electron chi connectivity index (χ0n) is 13.0. The second-order valence-corrected chi connectivity index (χ2v) is 7.92. The molecular weight excluding hydrogens is 232 g/mol. The minimum absolute atomic E-state index is 0.577. The van der Waals surface area contributed by atoms with Gasteiger partial charge >= 0.3 is 0 Å². The van der Waals surface area contributed by atoms with E-state index in [9.17, 15) is 0 Å². The lowest BCUT2D eigenvalue weighted by atomic mass is 9.73. The van der Waals surface area contributed by atoms with Gasteiger partial charge in [0.15, 0.2) is 0 Å². The van der Waals surface area contributed by atoms with Crippen LogP contribution in [0.1, 0.15) is 71.6 Å². The molecule has 2 nitrogen and oxygen atoms in total. The van der Waals surface area contributed by atoms with Crippen molar-refractivity contribution in [3.05, 3.63) is 0 Å². The van der Waals surface area contributed by atoms with Crippen molar-refractivity contribution in [3.63, 3.8) is 0 Å². The fourth-order valence-corrected chi connectivity index (χ4v) is 4.85. The number of nitrogens with one attached hydrogen (secondary N) is 1. The maximum absolute atomic E-state index is 3.77. The summed E-state index contributed by atoms with van der Waals surface area (Å²) in [4.78, 5) is 2.92. The minimum atomic E-state index is 0.577. The Kier molecular flexibility index (Phi) is 4.19. The molecule has 19 heavy (non-hydrogen) atoms. The van der Waals surface area contributed by atoms with E-state index in [1.54, 1.807) is 0 Å². The van der Waals surface area contributed by atoms with Crippen LogP contribution in [0.25, 0.3) is 0 Å². The molecule has 0 radical (unpaired) electrons. The van der Waals surface area contributed by atoms with Crippen LogP contribution in [-0.4, -0.2) is 36.1 Å². The Labute approximate surface area is 119 Å². The molecule has 0 aromatic carbocycles. The Bertz CT molecular complexity index is 294. The molecule has 2 heteroatoms. The minimum Gasteiger partial charge on any atom is -0.312 e. The van der Waals surface area contributed by atoms with Crippen molar-refractivity contribution in [1.82, 2.24) is 10.2 Å². The average molecular weight is 264 g/mol. The van der Waals surface area contributed by atoms with Gasteiger partial charge in [0.05, 0.1) is 0 Å². The fraction of sp³-hybridized carbons (Fsp3) is 1.00. The molecule has 3 fully saturated rings. The molecule has 3 atom stereocenters. The molecule has 3 rings (SSSR count). The van der Waals surface area contributed by atoms with E-state index < -0.39 is 0 Å². The van der Waals surface area contributed by atoms with E-state index in [-0.39, 0.29) is 0 Å². The largest absolute Gasteiger partial charge is 0.312 e. The summed E-state index contributed by atoms with van der Waals surface area (Å²) in [6.45, 7) is 7.58. The Morgan fingerprint density at radius 1 is 1.00 bits per heavy atom. The Morgan fingerprint density at radius 3 is 2.63 bits per heavy atom. The highest BCUT2D eigenvalue weighted by Gasteiger charge is 2.38. The highest BCUT2D eigenvalue weighted by molar-refractivity contribution is 4.95. The first-order valence-electron chi connectivity index (χ1n) is 8.65. The van der Waals surface area contributed by atoms with Gasteiger partial charge in [0.25, 0.3) is 0 Å². The topological polar surface area (TPSA) is 15.3 Å². The molecule has 0 aromatic heterocycles. The van der Waals surface area contributed by atoms with Crippen LogP contribution in [0.2, 0.25) is 0 Å². The summed E-state index contributed by atoms with van der Waals surface area (Å²) in [5.74, 6) is 0. The summed E-state index contributed by atoms with van der Waals surface area (Å²) in [5, 5.41) is 3.77. The van der Waals surface area contributed by atoms with Gasteiger partial charge in [-0.25, -0.2) is 0 Å². The van der Waals surface area contributed by atoms with Crippen LogP contribution in [0, 0.1) is 5.41 Å². The summed E-state index contributed by atoms with van der Waals surface area (Å²) < 4.78 is 0. The molecule has 1 aliphatic carbocycles. The van der Waals surface area contributed by atoms with Gasteiger partial charge in [-0.15, -0.1) is 0 Å². The summed E-state index contributed by atoms with van der Waals surface area (Å²) in [6.07, 6.45) is 12.9. The number of piperidine rings is 1. The van der Waals surface area contributed by atoms with Crippen LogP contribution < -0.4 is 5.32 Å². The van der Waals surface area contributed by atoms with Crippen LogP contribution in [0.3, 0.4) is 0 Å². The molecule has 0 bridgehead atoms. The van der Waals surface area contributed by atoms with Crippen LogP contribution in [0.15, 0.2) is 0 Å². The molecule has 110 valence electrons. The maximum atomic E-state index is 3.77. The SMILES string of the molecule is CC1(C)CCCC(N2CCCCC2C2CCCN2)C1. The summed E-state index contributed by atoms with van der Waals surface area (Å²) in [5.41, 5.74) is 0.577. The van der Waals surface area contributed by atoms with Gasteiger partial charge < -0.3 is 5.32 Å². The van der Waals surface area contributed by atoms with Gasteiger partial charge in [0, 0.05) is 18.1 Å². The third-order valence-electron chi connectivity index (χ3n) is 5.80. The van der Waals surface area contributed by atoms with Gasteiger partial charge in [-0.3, -0.25) is 4.90 Å². The zero-order valence-corrected chi connectivity index (χ0v) is 13.0.